The average molecular weight is 411 g/mol. The predicted octanol–water partition coefficient (Wildman–Crippen LogP) is 3.97. The highest BCUT2D eigenvalue weighted by atomic mass is 79.9. The molecule has 0 radical (unpaired) electrons. The van der Waals surface area contributed by atoms with Gasteiger partial charge in [0.05, 0.1) is 5.69 Å². The molecule has 0 bridgehead atoms. The molecule has 3 aromatic carbocycles. The van der Waals surface area contributed by atoms with Gasteiger partial charge in [0, 0.05) is 15.5 Å². The third-order valence-corrected chi connectivity index (χ3v) is 4.95. The number of carbonyl (C=O) groups is 2. The average Bonchev–Trinajstić information content (AvgIpc) is 2.67. The van der Waals surface area contributed by atoms with Crippen LogP contribution in [0.15, 0.2) is 65.1 Å². The van der Waals surface area contributed by atoms with E-state index in [-0.39, 0.29) is 25.0 Å². The lowest BCUT2D eigenvalue weighted by molar-refractivity contribution is -0.123. The minimum Gasteiger partial charge on any atom is -0.482 e. The van der Waals surface area contributed by atoms with Gasteiger partial charge in [0.15, 0.2) is 6.61 Å². The van der Waals surface area contributed by atoms with Gasteiger partial charge in [-0.3, -0.25) is 14.5 Å². The van der Waals surface area contributed by atoms with Crippen LogP contribution in [0.5, 0.6) is 5.75 Å². The first kappa shape index (κ1) is 16.6. The fraction of sp³-hybridized carbons (Fsp3) is 0.100. The van der Waals surface area contributed by atoms with E-state index in [1.807, 2.05) is 48.5 Å². The normalized spacial score (nSPS) is 13.3. The Bertz CT molecular complexity index is 1020. The van der Waals surface area contributed by atoms with Gasteiger partial charge in [0.25, 0.3) is 5.91 Å². The fourth-order valence-corrected chi connectivity index (χ4v) is 3.51. The highest BCUT2D eigenvalue weighted by Crippen LogP contribution is 2.32. The van der Waals surface area contributed by atoms with E-state index < -0.39 is 0 Å². The molecule has 1 aliphatic rings. The molecule has 0 fully saturated rings. The van der Waals surface area contributed by atoms with Gasteiger partial charge < -0.3 is 10.1 Å². The summed E-state index contributed by atoms with van der Waals surface area (Å²) in [6.45, 7) is -0.130. The maximum absolute atomic E-state index is 12.6. The van der Waals surface area contributed by atoms with Crippen LogP contribution in [0.3, 0.4) is 0 Å². The maximum Gasteiger partial charge on any atom is 0.265 e. The van der Waals surface area contributed by atoms with Crippen molar-refractivity contribution in [3.8, 4) is 5.75 Å². The molecule has 0 unspecified atom stereocenters. The molecule has 1 aliphatic heterocycles. The molecule has 1 heterocycles. The summed E-state index contributed by atoms with van der Waals surface area (Å²) in [6, 6.07) is 18.8. The number of nitrogens with one attached hydrogen (secondary N) is 1. The van der Waals surface area contributed by atoms with Crippen molar-refractivity contribution in [1.82, 2.24) is 0 Å². The van der Waals surface area contributed by atoms with Crippen molar-refractivity contribution in [3.05, 3.63) is 65.1 Å². The van der Waals surface area contributed by atoms with Crippen LogP contribution in [0.25, 0.3) is 10.8 Å². The number of hydrogen-bond donors (Lipinski definition) is 1. The summed E-state index contributed by atoms with van der Waals surface area (Å²) in [4.78, 5) is 26.3. The van der Waals surface area contributed by atoms with Crippen molar-refractivity contribution < 1.29 is 14.3 Å². The van der Waals surface area contributed by atoms with Crippen LogP contribution in [0.1, 0.15) is 0 Å². The molecular formula is C20H15BrN2O3. The van der Waals surface area contributed by atoms with Crippen LogP contribution in [0.2, 0.25) is 0 Å². The highest BCUT2D eigenvalue weighted by molar-refractivity contribution is 9.10. The van der Waals surface area contributed by atoms with Crippen molar-refractivity contribution in [2.45, 2.75) is 0 Å². The number of carbonyl (C=O) groups excluding carboxylic acids is 2. The SMILES string of the molecule is O=C(CN1C(=O)COc2ccccc21)Nc1ccc(Br)c2ccccc12. The topological polar surface area (TPSA) is 58.6 Å². The summed E-state index contributed by atoms with van der Waals surface area (Å²) in [6.07, 6.45) is 0. The van der Waals surface area contributed by atoms with Crippen molar-refractivity contribution in [1.29, 1.82) is 0 Å². The molecule has 4 rings (SSSR count). The molecule has 0 saturated heterocycles. The zero-order valence-corrected chi connectivity index (χ0v) is 15.3. The van der Waals surface area contributed by atoms with E-state index in [1.54, 1.807) is 12.1 Å². The van der Waals surface area contributed by atoms with E-state index in [2.05, 4.69) is 21.2 Å². The largest absolute Gasteiger partial charge is 0.482 e. The third-order valence-electron chi connectivity index (χ3n) is 4.25. The minimum atomic E-state index is -0.262. The molecule has 5 nitrogen and oxygen atoms in total. The zero-order chi connectivity index (χ0) is 18.1. The first-order chi connectivity index (χ1) is 12.6. The van der Waals surface area contributed by atoms with Crippen LogP contribution in [-0.4, -0.2) is 25.0 Å². The number of halogens is 1. The molecule has 1 N–H and O–H groups in total. The summed E-state index contributed by atoms with van der Waals surface area (Å²) in [7, 11) is 0. The Morgan fingerprint density at radius 1 is 1.04 bits per heavy atom. The summed E-state index contributed by atoms with van der Waals surface area (Å²) in [5, 5.41) is 4.86. The van der Waals surface area contributed by atoms with E-state index in [0.717, 1.165) is 15.2 Å². The first-order valence-electron chi connectivity index (χ1n) is 8.13. The number of fused-ring (bicyclic) bond motifs is 2. The van der Waals surface area contributed by atoms with E-state index in [0.29, 0.717) is 17.1 Å². The Balaban J connectivity index is 1.59. The second-order valence-electron chi connectivity index (χ2n) is 5.92. The van der Waals surface area contributed by atoms with Crippen molar-refractivity contribution in [3.63, 3.8) is 0 Å². The number of nitrogens with zero attached hydrogens (tertiary/aromatic N) is 1. The zero-order valence-electron chi connectivity index (χ0n) is 13.7. The van der Waals surface area contributed by atoms with E-state index in [1.165, 1.54) is 4.90 Å². The number of anilines is 2. The van der Waals surface area contributed by atoms with Gasteiger partial charge in [-0.05, 0) is 29.7 Å². The Kier molecular flexibility index (Phi) is 4.34. The molecule has 6 heteroatoms. The van der Waals surface area contributed by atoms with Crippen LogP contribution in [-0.2, 0) is 9.59 Å². The monoisotopic (exact) mass is 410 g/mol. The summed E-state index contributed by atoms with van der Waals surface area (Å²) in [5.74, 6) is 0.107. The van der Waals surface area contributed by atoms with Crippen molar-refractivity contribution >= 4 is 49.9 Å². The smallest absolute Gasteiger partial charge is 0.265 e. The maximum atomic E-state index is 12.6. The van der Waals surface area contributed by atoms with Crippen molar-refractivity contribution in [2.24, 2.45) is 0 Å². The Hall–Kier alpha value is -2.86. The number of amides is 2. The lowest BCUT2D eigenvalue weighted by Crippen LogP contribution is -2.43. The summed E-state index contributed by atoms with van der Waals surface area (Å²) >= 11 is 3.52. The van der Waals surface area contributed by atoms with Gasteiger partial charge in [-0.25, -0.2) is 0 Å². The molecule has 0 saturated carbocycles. The number of benzene rings is 3. The summed E-state index contributed by atoms with van der Waals surface area (Å²) < 4.78 is 6.37. The number of para-hydroxylation sites is 2. The van der Waals surface area contributed by atoms with Crippen molar-refractivity contribution in [2.75, 3.05) is 23.4 Å². The molecular weight excluding hydrogens is 396 g/mol. The lowest BCUT2D eigenvalue weighted by Gasteiger charge is -2.28. The quantitative estimate of drug-likeness (QED) is 0.710. The van der Waals surface area contributed by atoms with Gasteiger partial charge in [-0.1, -0.05) is 52.3 Å². The number of ether oxygens (including phenoxy) is 1. The molecule has 0 aliphatic carbocycles. The lowest BCUT2D eigenvalue weighted by atomic mass is 10.1. The molecule has 3 aromatic rings. The molecule has 0 aromatic heterocycles. The van der Waals surface area contributed by atoms with E-state index >= 15 is 0 Å². The molecule has 0 atom stereocenters. The van der Waals surface area contributed by atoms with Crippen LogP contribution < -0.4 is 15.0 Å². The minimum absolute atomic E-state index is 0.0640. The van der Waals surface area contributed by atoms with Gasteiger partial charge in [-0.15, -0.1) is 0 Å². The fourth-order valence-electron chi connectivity index (χ4n) is 3.03. The van der Waals surface area contributed by atoms with E-state index in [9.17, 15) is 9.59 Å². The highest BCUT2D eigenvalue weighted by Gasteiger charge is 2.27. The Labute approximate surface area is 158 Å². The third kappa shape index (κ3) is 3.04. The van der Waals surface area contributed by atoms with Crippen LogP contribution in [0.4, 0.5) is 11.4 Å². The predicted molar refractivity (Wildman–Crippen MR) is 105 cm³/mol. The molecule has 130 valence electrons. The first-order valence-corrected chi connectivity index (χ1v) is 8.92. The number of hydrogen-bond acceptors (Lipinski definition) is 3. The number of rotatable bonds is 3. The second kappa shape index (κ2) is 6.80. The Morgan fingerprint density at radius 3 is 2.62 bits per heavy atom. The van der Waals surface area contributed by atoms with Gasteiger partial charge in [0.2, 0.25) is 5.91 Å². The Morgan fingerprint density at radius 2 is 1.77 bits per heavy atom. The standard InChI is InChI=1S/C20H15BrN2O3/c21-15-9-10-16(14-6-2-1-5-13(14)15)22-19(24)11-23-17-7-3-4-8-18(17)26-12-20(23)25/h1-10H,11-12H2,(H,22,24). The van der Waals surface area contributed by atoms with Crippen LogP contribution >= 0.6 is 15.9 Å². The summed E-state index contributed by atoms with van der Waals surface area (Å²) in [5.41, 5.74) is 1.32. The second-order valence-corrected chi connectivity index (χ2v) is 6.78. The van der Waals surface area contributed by atoms with Gasteiger partial charge in [-0.2, -0.15) is 0 Å². The van der Waals surface area contributed by atoms with E-state index in [4.69, 9.17) is 4.74 Å². The molecule has 0 spiro atoms. The molecule has 26 heavy (non-hydrogen) atoms. The van der Waals surface area contributed by atoms with Gasteiger partial charge in [0.1, 0.15) is 12.3 Å². The van der Waals surface area contributed by atoms with Gasteiger partial charge >= 0.3 is 0 Å². The van der Waals surface area contributed by atoms with Crippen LogP contribution in [0, 0.1) is 0 Å². The molecule has 2 amide bonds.